The molecule has 1 heterocycles. The van der Waals surface area contributed by atoms with Crippen LogP contribution in [0.1, 0.15) is 23.0 Å². The maximum Gasteiger partial charge on any atom is 0.239 e. The third-order valence-electron chi connectivity index (χ3n) is 5.08. The van der Waals surface area contributed by atoms with Crippen molar-refractivity contribution in [2.45, 2.75) is 18.4 Å². The predicted octanol–water partition coefficient (Wildman–Crippen LogP) is 4.77. The van der Waals surface area contributed by atoms with Crippen molar-refractivity contribution in [3.8, 4) is 22.5 Å². The van der Waals surface area contributed by atoms with E-state index in [2.05, 4.69) is 4.98 Å². The number of nitrogens with two attached hydrogens (primary N) is 1. The lowest BCUT2D eigenvalue weighted by atomic mass is 10.0. The first kappa shape index (κ1) is 22.0. The van der Waals surface area contributed by atoms with Crippen LogP contribution in [0, 0.1) is 0 Å². The molecule has 162 valence electrons. The van der Waals surface area contributed by atoms with Gasteiger partial charge in [0.05, 0.1) is 11.4 Å². The molecule has 4 aromatic rings. The Morgan fingerprint density at radius 1 is 0.938 bits per heavy atom. The summed E-state index contributed by atoms with van der Waals surface area (Å²) in [5, 5.41) is 5.72. The van der Waals surface area contributed by atoms with Gasteiger partial charge in [-0.05, 0) is 11.1 Å². The molecule has 2 N–H and O–H groups in total. The van der Waals surface area contributed by atoms with Crippen LogP contribution in [0.4, 0.5) is 0 Å². The number of hydrogen-bond donors (Lipinski definition) is 1. The van der Waals surface area contributed by atoms with Gasteiger partial charge in [-0.2, -0.15) is 0 Å². The first-order valence-corrected chi connectivity index (χ1v) is 11.7. The standard InChI is InChI=1S/C24H20ClN3O3S/c1-16(29)21-23(25)27-24(18-11-6-3-7-12-18)28(21)15-19-13-8-14-20(22(19)32(26,30)31)17-9-4-2-5-10-17/h2-14H,15H2,1H3,(H2,26,30,31). The molecule has 8 heteroatoms. The van der Waals surface area contributed by atoms with E-state index < -0.39 is 10.0 Å². The summed E-state index contributed by atoms with van der Waals surface area (Å²) in [6.07, 6.45) is 0. The van der Waals surface area contributed by atoms with Crippen molar-refractivity contribution in [2.24, 2.45) is 5.14 Å². The van der Waals surface area contributed by atoms with Gasteiger partial charge in [0.2, 0.25) is 10.0 Å². The Bertz CT molecular complexity index is 1400. The van der Waals surface area contributed by atoms with Crippen LogP contribution in [0.25, 0.3) is 22.5 Å². The molecule has 0 amide bonds. The number of ketones is 1. The minimum absolute atomic E-state index is 0.00420. The molecule has 0 fully saturated rings. The molecular weight excluding hydrogens is 446 g/mol. The number of Topliss-reactive ketones (excluding diaryl/α,β-unsaturated/α-hetero) is 1. The number of nitrogens with zero attached hydrogens (tertiary/aromatic N) is 2. The predicted molar refractivity (Wildman–Crippen MR) is 125 cm³/mol. The fourth-order valence-corrected chi connectivity index (χ4v) is 5.09. The monoisotopic (exact) mass is 465 g/mol. The molecule has 0 aliphatic carbocycles. The third-order valence-corrected chi connectivity index (χ3v) is 6.40. The molecule has 0 saturated heterocycles. The van der Waals surface area contributed by atoms with E-state index >= 15 is 0 Å². The van der Waals surface area contributed by atoms with Crippen LogP contribution in [-0.4, -0.2) is 23.8 Å². The van der Waals surface area contributed by atoms with Crippen molar-refractivity contribution < 1.29 is 13.2 Å². The zero-order chi connectivity index (χ0) is 22.9. The number of carbonyl (C=O) groups is 1. The van der Waals surface area contributed by atoms with Crippen LogP contribution in [0.15, 0.2) is 83.8 Å². The summed E-state index contributed by atoms with van der Waals surface area (Å²) < 4.78 is 27.0. The van der Waals surface area contributed by atoms with Gasteiger partial charge in [0, 0.05) is 18.1 Å². The molecule has 3 aromatic carbocycles. The topological polar surface area (TPSA) is 95.0 Å². The van der Waals surface area contributed by atoms with Crippen molar-refractivity contribution >= 4 is 27.4 Å². The highest BCUT2D eigenvalue weighted by atomic mass is 35.5. The molecule has 0 aliphatic heterocycles. The average molecular weight is 466 g/mol. The van der Waals surface area contributed by atoms with E-state index in [1.807, 2.05) is 60.7 Å². The van der Waals surface area contributed by atoms with Gasteiger partial charge in [0.25, 0.3) is 0 Å². The summed E-state index contributed by atoms with van der Waals surface area (Å²) in [6, 6.07) is 23.6. The second-order valence-corrected chi connectivity index (χ2v) is 9.14. The van der Waals surface area contributed by atoms with Gasteiger partial charge in [-0.15, -0.1) is 0 Å². The third kappa shape index (κ3) is 4.23. The van der Waals surface area contributed by atoms with Crippen LogP contribution in [0.2, 0.25) is 5.15 Å². The lowest BCUT2D eigenvalue weighted by Gasteiger charge is -2.16. The molecule has 0 bridgehead atoms. The van der Waals surface area contributed by atoms with Gasteiger partial charge in [-0.25, -0.2) is 18.5 Å². The summed E-state index contributed by atoms with van der Waals surface area (Å²) in [7, 11) is -4.09. The maximum atomic E-state index is 12.7. The van der Waals surface area contributed by atoms with Crippen molar-refractivity contribution in [3.63, 3.8) is 0 Å². The van der Waals surface area contributed by atoms with E-state index in [0.29, 0.717) is 17.0 Å². The van der Waals surface area contributed by atoms with E-state index in [9.17, 15) is 13.2 Å². The second-order valence-electron chi connectivity index (χ2n) is 7.29. The van der Waals surface area contributed by atoms with Crippen LogP contribution in [-0.2, 0) is 16.6 Å². The molecule has 0 unspecified atom stereocenters. The number of imidazole rings is 1. The molecule has 0 spiro atoms. The van der Waals surface area contributed by atoms with Gasteiger partial charge < -0.3 is 4.57 Å². The zero-order valence-electron chi connectivity index (χ0n) is 17.2. The van der Waals surface area contributed by atoms with Gasteiger partial charge >= 0.3 is 0 Å². The van der Waals surface area contributed by atoms with Gasteiger partial charge in [-0.3, -0.25) is 4.79 Å². The molecule has 0 saturated carbocycles. The Labute approximate surface area is 191 Å². The normalized spacial score (nSPS) is 11.5. The number of sulfonamides is 1. The van der Waals surface area contributed by atoms with Crippen LogP contribution < -0.4 is 5.14 Å². The summed E-state index contributed by atoms with van der Waals surface area (Å²) >= 11 is 6.32. The zero-order valence-corrected chi connectivity index (χ0v) is 18.8. The number of rotatable bonds is 6. The average Bonchev–Trinajstić information content (AvgIpc) is 3.10. The first-order valence-electron chi connectivity index (χ1n) is 9.80. The minimum atomic E-state index is -4.09. The Kier molecular flexibility index (Phi) is 5.97. The number of primary sulfonamides is 1. The van der Waals surface area contributed by atoms with Crippen molar-refractivity contribution in [2.75, 3.05) is 0 Å². The molecule has 6 nitrogen and oxygen atoms in total. The van der Waals surface area contributed by atoms with E-state index in [0.717, 1.165) is 11.1 Å². The maximum absolute atomic E-state index is 12.7. The van der Waals surface area contributed by atoms with Crippen LogP contribution in [0.5, 0.6) is 0 Å². The fourth-order valence-electron chi connectivity index (χ4n) is 3.78. The summed E-state index contributed by atoms with van der Waals surface area (Å²) in [5.41, 5.74) is 2.59. The molecule has 0 atom stereocenters. The van der Waals surface area contributed by atoms with Gasteiger partial charge in [0.15, 0.2) is 10.9 Å². The summed E-state index contributed by atoms with van der Waals surface area (Å²) in [5.74, 6) is 0.187. The fraction of sp³-hybridized carbons (Fsp3) is 0.0833. The number of halogens is 1. The number of carbonyl (C=O) groups excluding carboxylic acids is 1. The smallest absolute Gasteiger partial charge is 0.239 e. The highest BCUT2D eigenvalue weighted by Gasteiger charge is 2.25. The van der Waals surface area contributed by atoms with Crippen molar-refractivity contribution in [3.05, 3.63) is 95.3 Å². The van der Waals surface area contributed by atoms with E-state index in [1.54, 1.807) is 22.8 Å². The van der Waals surface area contributed by atoms with Crippen LogP contribution >= 0.6 is 11.6 Å². The molecule has 32 heavy (non-hydrogen) atoms. The number of benzene rings is 3. The SMILES string of the molecule is CC(=O)c1c(Cl)nc(-c2ccccc2)n1Cc1cccc(-c2ccccc2)c1S(N)(=O)=O. The van der Waals surface area contributed by atoms with Crippen molar-refractivity contribution in [1.82, 2.24) is 9.55 Å². The summed E-state index contributed by atoms with van der Waals surface area (Å²) in [4.78, 5) is 16.8. The Morgan fingerprint density at radius 2 is 1.53 bits per heavy atom. The van der Waals surface area contributed by atoms with E-state index in [-0.39, 0.29) is 28.1 Å². The summed E-state index contributed by atoms with van der Waals surface area (Å²) in [6.45, 7) is 1.44. The minimum Gasteiger partial charge on any atom is -0.316 e. The number of aromatic nitrogens is 2. The molecular formula is C24H20ClN3O3S. The molecule has 0 aliphatic rings. The Morgan fingerprint density at radius 3 is 2.09 bits per heavy atom. The second kappa shape index (κ2) is 8.70. The lowest BCUT2D eigenvalue weighted by molar-refractivity contribution is 0.100. The van der Waals surface area contributed by atoms with E-state index in [1.165, 1.54) is 6.92 Å². The first-order chi connectivity index (χ1) is 15.3. The quantitative estimate of drug-likeness (QED) is 0.415. The van der Waals surface area contributed by atoms with Gasteiger partial charge in [-0.1, -0.05) is 90.5 Å². The highest BCUT2D eigenvalue weighted by molar-refractivity contribution is 7.89. The molecule has 0 radical (unpaired) electrons. The van der Waals surface area contributed by atoms with Crippen molar-refractivity contribution in [1.29, 1.82) is 0 Å². The molecule has 4 rings (SSSR count). The number of hydrogen-bond acceptors (Lipinski definition) is 4. The molecule has 1 aromatic heterocycles. The lowest BCUT2D eigenvalue weighted by Crippen LogP contribution is -2.18. The van der Waals surface area contributed by atoms with E-state index in [4.69, 9.17) is 16.7 Å². The van der Waals surface area contributed by atoms with Crippen LogP contribution in [0.3, 0.4) is 0 Å². The Hall–Kier alpha value is -3.26. The largest absolute Gasteiger partial charge is 0.316 e. The Balaban J connectivity index is 1.95. The highest BCUT2D eigenvalue weighted by Crippen LogP contribution is 2.32. The van der Waals surface area contributed by atoms with Gasteiger partial charge in [0.1, 0.15) is 11.5 Å².